The normalized spacial score (nSPS) is 16.0. The first-order chi connectivity index (χ1) is 14.4. The lowest BCUT2D eigenvalue weighted by molar-refractivity contribution is 0.0703. The summed E-state index contributed by atoms with van der Waals surface area (Å²) in [5.41, 5.74) is 1.44. The number of aryl methyl sites for hydroxylation is 2. The first-order valence-electron chi connectivity index (χ1n) is 9.51. The number of rotatable bonds is 3. The molecule has 4 aromatic rings. The van der Waals surface area contributed by atoms with Crippen LogP contribution in [0.3, 0.4) is 0 Å². The predicted molar refractivity (Wildman–Crippen MR) is 114 cm³/mol. The van der Waals surface area contributed by atoms with Gasteiger partial charge < -0.3 is 9.88 Å². The largest absolute Gasteiger partial charge is 0.345 e. The van der Waals surface area contributed by atoms with Gasteiger partial charge in [-0.1, -0.05) is 0 Å². The number of pyridine rings is 1. The molecule has 5 rings (SSSR count). The average molecular weight is 445 g/mol. The maximum absolute atomic E-state index is 13.1. The van der Waals surface area contributed by atoms with Crippen LogP contribution in [-0.2, 0) is 17.1 Å². The van der Waals surface area contributed by atoms with E-state index in [1.165, 1.54) is 21.8 Å². The van der Waals surface area contributed by atoms with Gasteiger partial charge in [0.15, 0.2) is 0 Å². The number of hydrogen-bond acceptors (Lipinski definition) is 6. The van der Waals surface area contributed by atoms with Gasteiger partial charge >= 0.3 is 0 Å². The SMILES string of the molecule is Cc1nn(C)c2sc(C(=O)N3CCN(S(=O)(=O)c4c[nH]c5ncccc45)CC3)cc12. The van der Waals surface area contributed by atoms with Gasteiger partial charge in [0.25, 0.3) is 5.91 Å². The van der Waals surface area contributed by atoms with Gasteiger partial charge in [-0.15, -0.1) is 11.3 Å². The first kappa shape index (κ1) is 19.2. The van der Waals surface area contributed by atoms with Crippen LogP contribution in [0.15, 0.2) is 35.5 Å². The van der Waals surface area contributed by atoms with E-state index in [0.29, 0.717) is 29.0 Å². The molecule has 0 spiro atoms. The van der Waals surface area contributed by atoms with Crippen LogP contribution in [0.2, 0.25) is 0 Å². The Balaban J connectivity index is 1.34. The summed E-state index contributed by atoms with van der Waals surface area (Å²) in [6.07, 6.45) is 3.10. The molecule has 0 bridgehead atoms. The van der Waals surface area contributed by atoms with Crippen molar-refractivity contribution in [2.45, 2.75) is 11.8 Å². The molecule has 0 saturated carbocycles. The number of amides is 1. The average Bonchev–Trinajstić information content (AvgIpc) is 3.44. The van der Waals surface area contributed by atoms with Crippen LogP contribution in [0.4, 0.5) is 0 Å². The van der Waals surface area contributed by atoms with Gasteiger partial charge in [0.05, 0.1) is 10.6 Å². The summed E-state index contributed by atoms with van der Waals surface area (Å²) in [6, 6.07) is 5.34. The Morgan fingerprint density at radius 3 is 2.70 bits per heavy atom. The van der Waals surface area contributed by atoms with Gasteiger partial charge in [-0.05, 0) is 25.1 Å². The van der Waals surface area contributed by atoms with E-state index in [2.05, 4.69) is 15.1 Å². The summed E-state index contributed by atoms with van der Waals surface area (Å²) in [5.74, 6) is -0.0658. The van der Waals surface area contributed by atoms with Crippen LogP contribution in [0.5, 0.6) is 0 Å². The Morgan fingerprint density at radius 2 is 1.97 bits per heavy atom. The number of carbonyl (C=O) groups is 1. The van der Waals surface area contributed by atoms with E-state index < -0.39 is 10.0 Å². The van der Waals surface area contributed by atoms with Crippen molar-refractivity contribution in [1.29, 1.82) is 0 Å². The van der Waals surface area contributed by atoms with Gasteiger partial charge in [0, 0.05) is 56.4 Å². The van der Waals surface area contributed by atoms with Crippen molar-refractivity contribution in [3.63, 3.8) is 0 Å². The monoisotopic (exact) mass is 444 g/mol. The molecule has 1 fully saturated rings. The van der Waals surface area contributed by atoms with Crippen LogP contribution in [-0.4, -0.2) is 69.5 Å². The number of carbonyl (C=O) groups excluding carboxylic acids is 1. The molecule has 0 atom stereocenters. The Labute approximate surface area is 177 Å². The summed E-state index contributed by atoms with van der Waals surface area (Å²) >= 11 is 1.42. The van der Waals surface area contributed by atoms with Crippen molar-refractivity contribution in [2.75, 3.05) is 26.2 Å². The van der Waals surface area contributed by atoms with Crippen LogP contribution in [0.1, 0.15) is 15.4 Å². The molecule has 1 N–H and O–H groups in total. The zero-order valence-electron chi connectivity index (χ0n) is 16.5. The number of aromatic nitrogens is 4. The van der Waals surface area contributed by atoms with E-state index >= 15 is 0 Å². The van der Waals surface area contributed by atoms with Gasteiger partial charge in [0.1, 0.15) is 15.4 Å². The zero-order chi connectivity index (χ0) is 21.0. The lowest BCUT2D eigenvalue weighted by Gasteiger charge is -2.33. The minimum Gasteiger partial charge on any atom is -0.345 e. The fourth-order valence-electron chi connectivity index (χ4n) is 3.88. The third-order valence-corrected chi connectivity index (χ3v) is 8.59. The highest BCUT2D eigenvalue weighted by Crippen LogP contribution is 2.29. The van der Waals surface area contributed by atoms with Crippen molar-refractivity contribution < 1.29 is 13.2 Å². The highest BCUT2D eigenvalue weighted by Gasteiger charge is 2.32. The second-order valence-corrected chi connectivity index (χ2v) is 10.2. The predicted octanol–water partition coefficient (Wildman–Crippen LogP) is 1.97. The van der Waals surface area contributed by atoms with Crippen molar-refractivity contribution in [2.24, 2.45) is 7.05 Å². The Morgan fingerprint density at radius 1 is 1.20 bits per heavy atom. The van der Waals surface area contributed by atoms with Gasteiger partial charge in [-0.25, -0.2) is 13.4 Å². The second kappa shape index (κ2) is 6.89. The molecule has 1 amide bonds. The maximum Gasteiger partial charge on any atom is 0.264 e. The van der Waals surface area contributed by atoms with Gasteiger partial charge in [0.2, 0.25) is 10.0 Å². The van der Waals surface area contributed by atoms with Gasteiger partial charge in [-0.3, -0.25) is 9.48 Å². The number of fused-ring (bicyclic) bond motifs is 2. The molecule has 156 valence electrons. The lowest BCUT2D eigenvalue weighted by atomic mass is 10.3. The van der Waals surface area contributed by atoms with Crippen molar-refractivity contribution in [3.8, 4) is 0 Å². The third-order valence-electron chi connectivity index (χ3n) is 5.46. The number of thiophene rings is 1. The Hall–Kier alpha value is -2.76. The fraction of sp³-hybridized carbons (Fsp3) is 0.316. The molecule has 1 aliphatic heterocycles. The van der Waals surface area contributed by atoms with E-state index in [1.807, 2.05) is 20.0 Å². The second-order valence-electron chi connectivity index (χ2n) is 7.29. The van der Waals surface area contributed by atoms with Crippen LogP contribution in [0, 0.1) is 6.92 Å². The number of piperazine rings is 1. The molecule has 11 heteroatoms. The number of aromatic amines is 1. The zero-order valence-corrected chi connectivity index (χ0v) is 18.1. The first-order valence-corrected chi connectivity index (χ1v) is 11.8. The van der Waals surface area contributed by atoms with Gasteiger partial charge in [-0.2, -0.15) is 9.40 Å². The molecule has 5 heterocycles. The maximum atomic E-state index is 13.1. The quantitative estimate of drug-likeness (QED) is 0.520. The summed E-state index contributed by atoms with van der Waals surface area (Å²) in [7, 11) is -1.80. The summed E-state index contributed by atoms with van der Waals surface area (Å²) < 4.78 is 29.5. The molecular weight excluding hydrogens is 424 g/mol. The molecule has 0 radical (unpaired) electrons. The summed E-state index contributed by atoms with van der Waals surface area (Å²) in [6.45, 7) is 3.14. The van der Waals surface area contributed by atoms with Crippen LogP contribution in [0.25, 0.3) is 21.3 Å². The number of nitrogens with one attached hydrogen (secondary N) is 1. The molecule has 9 nitrogen and oxygen atoms in total. The highest BCUT2D eigenvalue weighted by molar-refractivity contribution is 7.89. The van der Waals surface area contributed by atoms with E-state index in [9.17, 15) is 13.2 Å². The molecule has 1 saturated heterocycles. The summed E-state index contributed by atoms with van der Waals surface area (Å²) in [5, 5.41) is 5.93. The molecule has 0 aromatic carbocycles. The van der Waals surface area contributed by atoms with Crippen molar-refractivity contribution in [3.05, 3.63) is 41.2 Å². The van der Waals surface area contributed by atoms with E-state index in [-0.39, 0.29) is 23.9 Å². The molecule has 0 unspecified atom stereocenters. The standard InChI is InChI=1S/C19H20N6O3S2/c1-12-14-10-15(29-19(14)23(2)22-12)18(26)24-6-8-25(9-7-24)30(27,28)16-11-21-17-13(16)4-3-5-20-17/h3-5,10-11H,6-9H2,1-2H3,(H,20,21). The molecule has 30 heavy (non-hydrogen) atoms. The summed E-state index contributed by atoms with van der Waals surface area (Å²) in [4.78, 5) is 23.6. The van der Waals surface area contributed by atoms with Crippen molar-refractivity contribution >= 4 is 48.5 Å². The fourth-order valence-corrected chi connectivity index (χ4v) is 6.55. The van der Waals surface area contributed by atoms with Crippen molar-refractivity contribution in [1.82, 2.24) is 29.0 Å². The van der Waals surface area contributed by atoms with E-state index in [1.54, 1.807) is 27.9 Å². The minimum absolute atomic E-state index is 0.0658. The number of sulfonamides is 1. The molecule has 0 aliphatic carbocycles. The molecule has 4 aromatic heterocycles. The molecular formula is C19H20N6O3S2. The molecule has 1 aliphatic rings. The number of hydrogen-bond donors (Lipinski definition) is 1. The Kier molecular flexibility index (Phi) is 4.42. The number of nitrogens with zero attached hydrogens (tertiary/aromatic N) is 5. The minimum atomic E-state index is -3.67. The number of H-pyrrole nitrogens is 1. The third kappa shape index (κ3) is 2.92. The highest BCUT2D eigenvalue weighted by atomic mass is 32.2. The smallest absolute Gasteiger partial charge is 0.264 e. The van der Waals surface area contributed by atoms with Crippen LogP contribution >= 0.6 is 11.3 Å². The lowest BCUT2D eigenvalue weighted by Crippen LogP contribution is -2.50. The topological polar surface area (TPSA) is 104 Å². The van der Waals surface area contributed by atoms with Crippen LogP contribution < -0.4 is 0 Å². The van der Waals surface area contributed by atoms with E-state index in [0.717, 1.165) is 15.9 Å². The Bertz CT molecular complexity index is 1340. The van der Waals surface area contributed by atoms with E-state index in [4.69, 9.17) is 0 Å².